The van der Waals surface area contributed by atoms with Crippen LogP contribution in [0.3, 0.4) is 0 Å². The molecule has 0 aliphatic heterocycles. The lowest BCUT2D eigenvalue weighted by atomic mass is 10.5. The minimum Gasteiger partial charge on any atom is -0.463 e. The summed E-state index contributed by atoms with van der Waals surface area (Å²) in [7, 11) is -1.01. The Labute approximate surface area is 94.2 Å². The lowest BCUT2D eigenvalue weighted by Crippen LogP contribution is -2.15. The van der Waals surface area contributed by atoms with Gasteiger partial charge in [0.1, 0.15) is 0 Å². The summed E-state index contributed by atoms with van der Waals surface area (Å²) < 4.78 is 10.6. The van der Waals surface area contributed by atoms with Gasteiger partial charge in [-0.25, -0.2) is 4.79 Å². The van der Waals surface area contributed by atoms with Gasteiger partial charge >= 0.3 is 5.97 Å². The van der Waals surface area contributed by atoms with Gasteiger partial charge in [0.25, 0.3) is 0 Å². The van der Waals surface area contributed by atoms with Crippen molar-refractivity contribution in [3.8, 4) is 0 Å². The molecule has 0 aromatic heterocycles. The molecule has 0 N–H and O–H groups in total. The van der Waals surface area contributed by atoms with Gasteiger partial charge < -0.3 is 9.16 Å². The third kappa shape index (κ3) is 9.69. The van der Waals surface area contributed by atoms with Gasteiger partial charge in [-0.3, -0.25) is 0 Å². The molecule has 1 unspecified atom stereocenters. The molecule has 3 nitrogen and oxygen atoms in total. The number of carbonyl (C=O) groups excluding carboxylic acids is 1. The fraction of sp³-hybridized carbons (Fsp3) is 0.727. The molecule has 0 aromatic carbocycles. The largest absolute Gasteiger partial charge is 0.463 e. The molecule has 0 heterocycles. The molecule has 1 atom stereocenters. The van der Waals surface area contributed by atoms with Gasteiger partial charge in [0, 0.05) is 12.7 Å². The molecule has 0 bridgehead atoms. The van der Waals surface area contributed by atoms with E-state index in [1.54, 1.807) is 13.0 Å². The van der Waals surface area contributed by atoms with Crippen molar-refractivity contribution >= 4 is 15.0 Å². The van der Waals surface area contributed by atoms with Crippen LogP contribution in [0.5, 0.6) is 0 Å². The third-order valence-electron chi connectivity index (χ3n) is 1.91. The van der Waals surface area contributed by atoms with Gasteiger partial charge in [0.2, 0.25) is 0 Å². The first kappa shape index (κ1) is 14.4. The van der Waals surface area contributed by atoms with Crippen LogP contribution in [0.2, 0.25) is 12.6 Å². The number of carbonyl (C=O) groups is 1. The minimum absolute atomic E-state index is 0.249. The number of esters is 1. The predicted octanol–water partition coefficient (Wildman–Crippen LogP) is 2.28. The van der Waals surface area contributed by atoms with Crippen molar-refractivity contribution in [3.63, 3.8) is 0 Å². The van der Waals surface area contributed by atoms with Gasteiger partial charge in [-0.15, -0.1) is 0 Å². The molecule has 0 aliphatic rings. The van der Waals surface area contributed by atoms with E-state index in [9.17, 15) is 4.79 Å². The van der Waals surface area contributed by atoms with Crippen molar-refractivity contribution < 1.29 is 14.0 Å². The van der Waals surface area contributed by atoms with Crippen LogP contribution < -0.4 is 0 Å². The van der Waals surface area contributed by atoms with Gasteiger partial charge in [-0.2, -0.15) is 0 Å². The predicted molar refractivity (Wildman–Crippen MR) is 64.5 cm³/mol. The first-order chi connectivity index (χ1) is 7.20. The molecule has 0 amide bonds. The summed E-state index contributed by atoms with van der Waals surface area (Å²) in [6.45, 7) is 7.47. The summed E-state index contributed by atoms with van der Waals surface area (Å²) in [4.78, 5) is 10.9. The standard InChI is InChI=1S/C11H22O3Si/c1-4-7-11(12)13-9-6-10-15(3)14-8-5-2/h4,7,15H,5-6,8-10H2,1-3H3. The highest BCUT2D eigenvalue weighted by Gasteiger charge is 2.04. The average molecular weight is 230 g/mol. The fourth-order valence-electron chi connectivity index (χ4n) is 1.13. The number of ether oxygens (including phenoxy) is 1. The van der Waals surface area contributed by atoms with Crippen molar-refractivity contribution in [1.29, 1.82) is 0 Å². The number of allylic oxidation sites excluding steroid dienone is 1. The summed E-state index contributed by atoms with van der Waals surface area (Å²) in [6.07, 6.45) is 5.12. The van der Waals surface area contributed by atoms with Gasteiger partial charge in [-0.1, -0.05) is 13.0 Å². The Hall–Kier alpha value is -0.613. The zero-order valence-corrected chi connectivity index (χ0v) is 11.1. The Morgan fingerprint density at radius 1 is 1.40 bits per heavy atom. The Balaban J connectivity index is 3.33. The SMILES string of the molecule is CC=CC(=O)OCCC[SiH](C)OCCC. The van der Waals surface area contributed by atoms with Gasteiger partial charge in [-0.05, 0) is 32.4 Å². The Bertz CT molecular complexity index is 192. The van der Waals surface area contributed by atoms with Crippen molar-refractivity contribution in [3.05, 3.63) is 12.2 Å². The van der Waals surface area contributed by atoms with Crippen LogP contribution in [-0.2, 0) is 14.0 Å². The highest BCUT2D eigenvalue weighted by atomic mass is 28.3. The molecule has 0 aromatic rings. The lowest BCUT2D eigenvalue weighted by molar-refractivity contribution is -0.137. The van der Waals surface area contributed by atoms with Gasteiger partial charge in [0.05, 0.1) is 6.61 Å². The quantitative estimate of drug-likeness (QED) is 0.278. The molecular formula is C11H22O3Si. The molecule has 0 saturated carbocycles. The first-order valence-electron chi connectivity index (χ1n) is 5.61. The van der Waals surface area contributed by atoms with E-state index in [0.717, 1.165) is 25.5 Å². The van der Waals surface area contributed by atoms with Crippen LogP contribution in [0.1, 0.15) is 26.7 Å². The molecule has 4 heteroatoms. The van der Waals surface area contributed by atoms with E-state index in [4.69, 9.17) is 9.16 Å². The molecule has 88 valence electrons. The summed E-state index contributed by atoms with van der Waals surface area (Å²) >= 11 is 0. The lowest BCUT2D eigenvalue weighted by Gasteiger charge is -2.10. The van der Waals surface area contributed by atoms with E-state index >= 15 is 0 Å². The molecule has 0 aliphatic carbocycles. The normalized spacial score (nSPS) is 13.0. The zero-order chi connectivity index (χ0) is 11.5. The smallest absolute Gasteiger partial charge is 0.330 e. The molecule has 0 fully saturated rings. The van der Waals surface area contributed by atoms with E-state index in [-0.39, 0.29) is 5.97 Å². The molecule has 0 rings (SSSR count). The second kappa shape index (κ2) is 9.92. The summed E-state index contributed by atoms with van der Waals surface area (Å²) in [6, 6.07) is 1.07. The van der Waals surface area contributed by atoms with Crippen LogP contribution in [0.25, 0.3) is 0 Å². The average Bonchev–Trinajstić information content (AvgIpc) is 2.22. The molecular weight excluding hydrogens is 208 g/mol. The number of hydrogen-bond acceptors (Lipinski definition) is 3. The molecule has 0 radical (unpaired) electrons. The second-order valence-electron chi connectivity index (χ2n) is 3.49. The van der Waals surface area contributed by atoms with Crippen molar-refractivity contribution in [2.24, 2.45) is 0 Å². The summed E-state index contributed by atoms with van der Waals surface area (Å²) in [5.74, 6) is -0.249. The topological polar surface area (TPSA) is 35.5 Å². The van der Waals surface area contributed by atoms with Crippen molar-refractivity contribution in [2.45, 2.75) is 39.3 Å². The number of rotatable bonds is 8. The van der Waals surface area contributed by atoms with E-state index < -0.39 is 9.04 Å². The molecule has 0 saturated heterocycles. The van der Waals surface area contributed by atoms with E-state index in [2.05, 4.69) is 13.5 Å². The Morgan fingerprint density at radius 3 is 2.73 bits per heavy atom. The van der Waals surface area contributed by atoms with Crippen LogP contribution in [0.15, 0.2) is 12.2 Å². The Kier molecular flexibility index (Phi) is 9.52. The van der Waals surface area contributed by atoms with Gasteiger partial charge in [0.15, 0.2) is 9.04 Å². The fourth-order valence-corrected chi connectivity index (χ4v) is 2.68. The molecule has 15 heavy (non-hydrogen) atoms. The maximum atomic E-state index is 10.9. The summed E-state index contributed by atoms with van der Waals surface area (Å²) in [5.41, 5.74) is 0. The van der Waals surface area contributed by atoms with Crippen LogP contribution in [0.4, 0.5) is 0 Å². The van der Waals surface area contributed by atoms with E-state index in [1.807, 2.05) is 0 Å². The van der Waals surface area contributed by atoms with E-state index in [1.165, 1.54) is 6.08 Å². The second-order valence-corrected chi connectivity index (χ2v) is 6.02. The van der Waals surface area contributed by atoms with Crippen LogP contribution in [0, 0.1) is 0 Å². The molecule has 0 spiro atoms. The van der Waals surface area contributed by atoms with E-state index in [0.29, 0.717) is 6.61 Å². The van der Waals surface area contributed by atoms with Crippen LogP contribution in [-0.4, -0.2) is 28.2 Å². The van der Waals surface area contributed by atoms with Crippen LogP contribution >= 0.6 is 0 Å². The van der Waals surface area contributed by atoms with Crippen molar-refractivity contribution in [2.75, 3.05) is 13.2 Å². The maximum absolute atomic E-state index is 10.9. The summed E-state index contributed by atoms with van der Waals surface area (Å²) in [5, 5.41) is 0. The minimum atomic E-state index is -1.01. The third-order valence-corrected chi connectivity index (χ3v) is 3.93. The highest BCUT2D eigenvalue weighted by Crippen LogP contribution is 2.00. The van der Waals surface area contributed by atoms with Crippen molar-refractivity contribution in [1.82, 2.24) is 0 Å². The number of hydrogen-bond donors (Lipinski definition) is 0. The Morgan fingerprint density at radius 2 is 2.13 bits per heavy atom. The zero-order valence-electron chi connectivity index (χ0n) is 9.99. The maximum Gasteiger partial charge on any atom is 0.330 e. The first-order valence-corrected chi connectivity index (χ1v) is 8.06. The monoisotopic (exact) mass is 230 g/mol. The highest BCUT2D eigenvalue weighted by molar-refractivity contribution is 6.50.